The van der Waals surface area contributed by atoms with Crippen LogP contribution in [0.4, 0.5) is 0 Å². The molecule has 0 saturated heterocycles. The number of ether oxygens (including phenoxy) is 13. The predicted molar refractivity (Wildman–Crippen MR) is 181 cm³/mol. The number of esters is 1. The lowest BCUT2D eigenvalue weighted by Gasteiger charge is -2.09. The van der Waals surface area contributed by atoms with Gasteiger partial charge in [-0.05, 0) is 12.1 Å². The lowest BCUT2D eigenvalue weighted by atomic mass is 10.2. The van der Waals surface area contributed by atoms with Crippen LogP contribution < -0.4 is 10.5 Å². The van der Waals surface area contributed by atoms with Crippen LogP contribution in [0.5, 0.6) is 5.75 Å². The first kappa shape index (κ1) is 45.9. The Kier molecular flexibility index (Phi) is 34.9. The number of benzene rings is 1. The highest BCUT2D eigenvalue weighted by Crippen LogP contribution is 2.16. The van der Waals surface area contributed by atoms with Crippen molar-refractivity contribution in [3.63, 3.8) is 0 Å². The molecule has 0 unspecified atom stereocenters. The summed E-state index contributed by atoms with van der Waals surface area (Å²) in [6, 6.07) is 6.54. The summed E-state index contributed by atoms with van der Waals surface area (Å²) in [5.41, 5.74) is 5.65. The summed E-state index contributed by atoms with van der Waals surface area (Å²) in [6.45, 7) is 11.8. The molecule has 1 aromatic rings. The topological polar surface area (TPSA) is 180 Å². The molecular formula is C34H59NO15. The van der Waals surface area contributed by atoms with Crippen LogP contribution in [0.25, 0.3) is 0 Å². The van der Waals surface area contributed by atoms with Crippen LogP contribution in [0.2, 0.25) is 0 Å². The Morgan fingerprint density at radius 3 is 1.02 bits per heavy atom. The van der Waals surface area contributed by atoms with Gasteiger partial charge in [0, 0.05) is 6.54 Å². The van der Waals surface area contributed by atoms with Gasteiger partial charge in [0.15, 0.2) is 6.29 Å². The van der Waals surface area contributed by atoms with Gasteiger partial charge in [-0.2, -0.15) is 0 Å². The minimum atomic E-state index is -0.468. The van der Waals surface area contributed by atoms with Gasteiger partial charge in [0.05, 0.1) is 171 Å². The van der Waals surface area contributed by atoms with Crippen molar-refractivity contribution in [3.05, 3.63) is 29.8 Å². The largest absolute Gasteiger partial charge is 0.426 e. The number of carbonyl (C=O) groups is 2. The van der Waals surface area contributed by atoms with E-state index in [2.05, 4.69) is 0 Å². The van der Waals surface area contributed by atoms with Crippen LogP contribution in [-0.4, -0.2) is 177 Å². The van der Waals surface area contributed by atoms with E-state index < -0.39 is 5.97 Å². The highest BCUT2D eigenvalue weighted by molar-refractivity contribution is 5.82. The maximum Gasteiger partial charge on any atom is 0.313 e. The Hall–Kier alpha value is -2.16. The van der Waals surface area contributed by atoms with Crippen molar-refractivity contribution in [1.82, 2.24) is 0 Å². The zero-order valence-electron chi connectivity index (χ0n) is 29.5. The average molecular weight is 722 g/mol. The molecule has 0 radical (unpaired) electrons. The van der Waals surface area contributed by atoms with Gasteiger partial charge in [0.25, 0.3) is 0 Å². The summed E-state index contributed by atoms with van der Waals surface area (Å²) in [7, 11) is 0. The molecule has 0 aliphatic carbocycles. The Bertz CT molecular complexity index is 883. The highest BCUT2D eigenvalue weighted by Gasteiger charge is 2.08. The molecule has 50 heavy (non-hydrogen) atoms. The molecular weight excluding hydrogens is 662 g/mol. The number of para-hydroxylation sites is 1. The van der Waals surface area contributed by atoms with Crippen LogP contribution in [0, 0.1) is 0 Å². The minimum absolute atomic E-state index is 0.0744. The van der Waals surface area contributed by atoms with Crippen LogP contribution in [0.3, 0.4) is 0 Å². The molecule has 0 aliphatic rings. The summed E-state index contributed by atoms with van der Waals surface area (Å²) < 4.78 is 70.2. The van der Waals surface area contributed by atoms with E-state index in [-0.39, 0.29) is 18.8 Å². The molecule has 16 heteroatoms. The molecule has 1 aromatic carbocycles. The van der Waals surface area contributed by atoms with Gasteiger partial charge < -0.3 is 67.3 Å². The number of nitrogens with two attached hydrogens (primary N) is 1. The number of carbonyl (C=O) groups excluding carboxylic acids is 2. The first-order chi connectivity index (χ1) is 24.8. The summed E-state index contributed by atoms with van der Waals surface area (Å²) >= 11 is 0. The molecule has 1 rings (SSSR count). The van der Waals surface area contributed by atoms with Crippen molar-refractivity contribution in [1.29, 1.82) is 0 Å². The third kappa shape index (κ3) is 31.8. The second kappa shape index (κ2) is 38.1. The Morgan fingerprint density at radius 1 is 0.440 bits per heavy atom. The van der Waals surface area contributed by atoms with Gasteiger partial charge in [0.1, 0.15) is 5.75 Å². The van der Waals surface area contributed by atoms with Crippen LogP contribution in [0.1, 0.15) is 16.8 Å². The standard InChI is InChI=1S/C34H59NO15/c35-6-8-39-10-12-41-14-16-43-18-20-45-22-24-47-26-28-49-30-29-48-27-25-46-23-21-44-19-17-42-15-13-40-11-9-38-7-5-34(37)50-33-4-2-1-3-32(33)31-36/h1-4,31H,5-30,35H2. The van der Waals surface area contributed by atoms with Gasteiger partial charge in [-0.1, -0.05) is 12.1 Å². The van der Waals surface area contributed by atoms with E-state index in [1.807, 2.05) is 0 Å². The number of hydrogen-bond donors (Lipinski definition) is 1. The lowest BCUT2D eigenvalue weighted by Crippen LogP contribution is -2.16. The van der Waals surface area contributed by atoms with Crippen molar-refractivity contribution in [2.45, 2.75) is 6.42 Å². The van der Waals surface area contributed by atoms with E-state index in [9.17, 15) is 9.59 Å². The molecule has 0 heterocycles. The first-order valence-corrected chi connectivity index (χ1v) is 17.2. The van der Waals surface area contributed by atoms with Crippen molar-refractivity contribution < 1.29 is 71.2 Å². The molecule has 0 amide bonds. The van der Waals surface area contributed by atoms with E-state index in [4.69, 9.17) is 67.3 Å². The fraction of sp³-hybridized carbons (Fsp3) is 0.765. The summed E-state index contributed by atoms with van der Waals surface area (Å²) in [5.74, 6) is -0.226. The molecule has 0 aliphatic heterocycles. The van der Waals surface area contributed by atoms with Crippen LogP contribution >= 0.6 is 0 Å². The molecule has 290 valence electrons. The van der Waals surface area contributed by atoms with Gasteiger partial charge in [-0.15, -0.1) is 0 Å². The third-order valence-electron chi connectivity index (χ3n) is 6.07. The minimum Gasteiger partial charge on any atom is -0.426 e. The molecule has 0 fully saturated rings. The SMILES string of the molecule is NCCOCCOCCOCCOCCOCCOCCOCCOCCOCCOCCOCCOCCC(=O)Oc1ccccc1C=O. The second-order valence-corrected chi connectivity index (χ2v) is 10.0. The molecule has 0 saturated carbocycles. The maximum atomic E-state index is 11.9. The van der Waals surface area contributed by atoms with E-state index >= 15 is 0 Å². The van der Waals surface area contributed by atoms with Gasteiger partial charge in [-0.3, -0.25) is 9.59 Å². The van der Waals surface area contributed by atoms with Crippen LogP contribution in [-0.2, 0) is 61.6 Å². The molecule has 0 spiro atoms. The fourth-order valence-electron chi connectivity index (χ4n) is 3.60. The van der Waals surface area contributed by atoms with Crippen molar-refractivity contribution in [3.8, 4) is 5.75 Å². The van der Waals surface area contributed by atoms with E-state index in [0.29, 0.717) is 170 Å². The monoisotopic (exact) mass is 721 g/mol. The van der Waals surface area contributed by atoms with Gasteiger partial charge in [-0.25, -0.2) is 0 Å². The molecule has 0 atom stereocenters. The van der Waals surface area contributed by atoms with E-state index in [0.717, 1.165) is 0 Å². The van der Waals surface area contributed by atoms with Gasteiger partial charge in [0.2, 0.25) is 0 Å². The van der Waals surface area contributed by atoms with Gasteiger partial charge >= 0.3 is 5.97 Å². The maximum absolute atomic E-state index is 11.9. The zero-order valence-corrected chi connectivity index (χ0v) is 29.5. The predicted octanol–water partition coefficient (Wildman–Crippen LogP) is 0.953. The number of aldehydes is 1. The molecule has 0 bridgehead atoms. The van der Waals surface area contributed by atoms with E-state index in [1.54, 1.807) is 24.3 Å². The summed E-state index contributed by atoms with van der Waals surface area (Å²) in [6.07, 6.45) is 0.718. The molecule has 0 aromatic heterocycles. The quantitative estimate of drug-likeness (QED) is 0.0438. The zero-order chi connectivity index (χ0) is 35.8. The first-order valence-electron chi connectivity index (χ1n) is 17.2. The average Bonchev–Trinajstić information content (AvgIpc) is 3.13. The molecule has 2 N–H and O–H groups in total. The number of hydrogen-bond acceptors (Lipinski definition) is 16. The summed E-state index contributed by atoms with van der Waals surface area (Å²) in [5, 5.41) is 0. The third-order valence-corrected chi connectivity index (χ3v) is 6.07. The van der Waals surface area contributed by atoms with Crippen LogP contribution in [0.15, 0.2) is 24.3 Å². The van der Waals surface area contributed by atoms with Crippen molar-refractivity contribution >= 4 is 12.3 Å². The second-order valence-electron chi connectivity index (χ2n) is 10.0. The fourth-order valence-corrected chi connectivity index (χ4v) is 3.60. The Balaban J connectivity index is 1.66. The Labute approximate surface area is 296 Å². The lowest BCUT2D eigenvalue weighted by molar-refractivity contribution is -0.135. The summed E-state index contributed by atoms with van der Waals surface area (Å²) in [4.78, 5) is 22.8. The highest BCUT2D eigenvalue weighted by atomic mass is 16.6. The van der Waals surface area contributed by atoms with Crippen molar-refractivity contribution in [2.24, 2.45) is 5.73 Å². The van der Waals surface area contributed by atoms with E-state index in [1.165, 1.54) is 0 Å². The smallest absolute Gasteiger partial charge is 0.313 e. The van der Waals surface area contributed by atoms with Crippen molar-refractivity contribution in [2.75, 3.05) is 165 Å². The normalized spacial score (nSPS) is 11.3. The Morgan fingerprint density at radius 2 is 0.720 bits per heavy atom. The molecule has 16 nitrogen and oxygen atoms in total. The number of rotatable bonds is 40.